The SMILES string of the molecule is CC1CCCN(C(C)CN=C(N)N(C)C2CC2)C1. The first kappa shape index (κ1) is 13.7. The zero-order valence-corrected chi connectivity index (χ0v) is 12.1. The second-order valence-corrected chi connectivity index (χ2v) is 6.13. The number of aliphatic imine (C=N–C) groups is 1. The Hall–Kier alpha value is -0.770. The number of piperidine rings is 1. The molecule has 0 aromatic rings. The van der Waals surface area contributed by atoms with Gasteiger partial charge >= 0.3 is 0 Å². The molecule has 1 aliphatic heterocycles. The standard InChI is InChI=1S/C14H28N4/c1-11-5-4-8-18(10-11)12(2)9-16-14(15)17(3)13-6-7-13/h11-13H,4-10H2,1-3H3,(H2,15,16). The summed E-state index contributed by atoms with van der Waals surface area (Å²) in [6.45, 7) is 7.88. The van der Waals surface area contributed by atoms with E-state index in [2.05, 4.69) is 35.7 Å². The van der Waals surface area contributed by atoms with Gasteiger partial charge in [-0.3, -0.25) is 9.89 Å². The summed E-state index contributed by atoms with van der Waals surface area (Å²) >= 11 is 0. The molecule has 1 saturated carbocycles. The number of guanidine groups is 1. The Morgan fingerprint density at radius 1 is 1.44 bits per heavy atom. The van der Waals surface area contributed by atoms with Gasteiger partial charge in [0.1, 0.15) is 0 Å². The molecule has 2 rings (SSSR count). The molecule has 2 N–H and O–H groups in total. The summed E-state index contributed by atoms with van der Waals surface area (Å²) in [6.07, 6.45) is 5.24. The van der Waals surface area contributed by atoms with Crippen LogP contribution in [-0.4, -0.2) is 54.5 Å². The number of nitrogens with two attached hydrogens (primary N) is 1. The minimum absolute atomic E-state index is 0.513. The highest BCUT2D eigenvalue weighted by atomic mass is 15.3. The van der Waals surface area contributed by atoms with Gasteiger partial charge in [-0.2, -0.15) is 0 Å². The van der Waals surface area contributed by atoms with Crippen LogP contribution in [0.25, 0.3) is 0 Å². The van der Waals surface area contributed by atoms with Gasteiger partial charge < -0.3 is 10.6 Å². The number of rotatable bonds is 4. The van der Waals surface area contributed by atoms with E-state index in [9.17, 15) is 0 Å². The predicted octanol–water partition coefficient (Wildman–Crippen LogP) is 1.52. The first-order valence-electron chi connectivity index (χ1n) is 7.34. The van der Waals surface area contributed by atoms with E-state index >= 15 is 0 Å². The van der Waals surface area contributed by atoms with E-state index in [1.807, 2.05) is 0 Å². The highest BCUT2D eigenvalue weighted by molar-refractivity contribution is 5.78. The van der Waals surface area contributed by atoms with Gasteiger partial charge in [0.05, 0.1) is 6.54 Å². The van der Waals surface area contributed by atoms with Crippen molar-refractivity contribution < 1.29 is 0 Å². The molecule has 1 heterocycles. The van der Waals surface area contributed by atoms with Gasteiger partial charge in [0.15, 0.2) is 5.96 Å². The van der Waals surface area contributed by atoms with Gasteiger partial charge in [0.25, 0.3) is 0 Å². The van der Waals surface area contributed by atoms with Crippen LogP contribution in [0.3, 0.4) is 0 Å². The summed E-state index contributed by atoms with van der Waals surface area (Å²) in [5.41, 5.74) is 6.02. The van der Waals surface area contributed by atoms with Crippen LogP contribution < -0.4 is 5.73 Å². The number of hydrogen-bond acceptors (Lipinski definition) is 2. The molecule has 0 aromatic carbocycles. The molecule has 1 aliphatic carbocycles. The summed E-state index contributed by atoms with van der Waals surface area (Å²) < 4.78 is 0. The van der Waals surface area contributed by atoms with Gasteiger partial charge in [0, 0.05) is 25.7 Å². The molecule has 0 aromatic heterocycles. The molecule has 104 valence electrons. The van der Waals surface area contributed by atoms with Crippen molar-refractivity contribution in [3.63, 3.8) is 0 Å². The number of nitrogens with zero attached hydrogens (tertiary/aromatic N) is 3. The lowest BCUT2D eigenvalue weighted by Crippen LogP contribution is -2.43. The number of likely N-dealkylation sites (tertiary alicyclic amines) is 1. The van der Waals surface area contributed by atoms with Crippen LogP contribution in [0.15, 0.2) is 4.99 Å². The van der Waals surface area contributed by atoms with E-state index < -0.39 is 0 Å². The highest BCUT2D eigenvalue weighted by Crippen LogP contribution is 2.25. The Kier molecular flexibility index (Phi) is 4.49. The van der Waals surface area contributed by atoms with Gasteiger partial charge in [-0.25, -0.2) is 0 Å². The molecule has 2 fully saturated rings. The van der Waals surface area contributed by atoms with E-state index in [1.165, 1.54) is 38.8 Å². The van der Waals surface area contributed by atoms with Crippen molar-refractivity contribution in [3.8, 4) is 0 Å². The summed E-state index contributed by atoms with van der Waals surface area (Å²) in [5.74, 6) is 1.55. The maximum absolute atomic E-state index is 6.02. The van der Waals surface area contributed by atoms with E-state index in [0.717, 1.165) is 18.4 Å². The molecule has 2 unspecified atom stereocenters. The summed E-state index contributed by atoms with van der Waals surface area (Å²) in [5, 5.41) is 0. The van der Waals surface area contributed by atoms with Crippen molar-refractivity contribution in [1.82, 2.24) is 9.80 Å². The van der Waals surface area contributed by atoms with Crippen molar-refractivity contribution in [2.24, 2.45) is 16.6 Å². The maximum atomic E-state index is 6.02. The van der Waals surface area contributed by atoms with Crippen molar-refractivity contribution in [1.29, 1.82) is 0 Å². The average Bonchev–Trinajstić information content (AvgIpc) is 3.18. The Bertz CT molecular complexity index is 298. The van der Waals surface area contributed by atoms with Crippen molar-refractivity contribution >= 4 is 5.96 Å². The van der Waals surface area contributed by atoms with Crippen LogP contribution in [0.2, 0.25) is 0 Å². The first-order chi connectivity index (χ1) is 8.58. The fourth-order valence-electron chi connectivity index (χ4n) is 2.73. The zero-order chi connectivity index (χ0) is 13.1. The van der Waals surface area contributed by atoms with Crippen LogP contribution >= 0.6 is 0 Å². The first-order valence-corrected chi connectivity index (χ1v) is 7.34. The van der Waals surface area contributed by atoms with E-state index in [-0.39, 0.29) is 0 Å². The van der Waals surface area contributed by atoms with E-state index in [0.29, 0.717) is 12.1 Å². The fourth-order valence-corrected chi connectivity index (χ4v) is 2.73. The minimum Gasteiger partial charge on any atom is -0.370 e. The molecule has 4 heteroatoms. The molecule has 0 spiro atoms. The Labute approximate surface area is 111 Å². The molecular formula is C14H28N4. The van der Waals surface area contributed by atoms with Gasteiger partial charge in [-0.05, 0) is 45.1 Å². The van der Waals surface area contributed by atoms with Crippen LogP contribution in [0.4, 0.5) is 0 Å². The lowest BCUT2D eigenvalue weighted by molar-refractivity contribution is 0.142. The fraction of sp³-hybridized carbons (Fsp3) is 0.929. The monoisotopic (exact) mass is 252 g/mol. The summed E-state index contributed by atoms with van der Waals surface area (Å²) in [6, 6.07) is 1.16. The Morgan fingerprint density at radius 2 is 2.17 bits per heavy atom. The number of hydrogen-bond donors (Lipinski definition) is 1. The van der Waals surface area contributed by atoms with Crippen LogP contribution in [0, 0.1) is 5.92 Å². The van der Waals surface area contributed by atoms with E-state index in [1.54, 1.807) is 0 Å². The Balaban J connectivity index is 1.79. The average molecular weight is 252 g/mol. The molecule has 0 amide bonds. The molecular weight excluding hydrogens is 224 g/mol. The molecule has 0 bridgehead atoms. The van der Waals surface area contributed by atoms with Gasteiger partial charge in [-0.1, -0.05) is 6.92 Å². The minimum atomic E-state index is 0.513. The third kappa shape index (κ3) is 3.61. The molecule has 0 radical (unpaired) electrons. The molecule has 18 heavy (non-hydrogen) atoms. The van der Waals surface area contributed by atoms with Crippen molar-refractivity contribution in [2.45, 2.75) is 51.6 Å². The van der Waals surface area contributed by atoms with Gasteiger partial charge in [-0.15, -0.1) is 0 Å². The zero-order valence-electron chi connectivity index (χ0n) is 12.1. The normalized spacial score (nSPS) is 28.2. The van der Waals surface area contributed by atoms with E-state index in [4.69, 9.17) is 5.73 Å². The maximum Gasteiger partial charge on any atom is 0.191 e. The quantitative estimate of drug-likeness (QED) is 0.609. The summed E-state index contributed by atoms with van der Waals surface area (Å²) in [4.78, 5) is 9.25. The molecule has 4 nitrogen and oxygen atoms in total. The molecule has 2 aliphatic rings. The van der Waals surface area contributed by atoms with Crippen LogP contribution in [-0.2, 0) is 0 Å². The third-order valence-corrected chi connectivity index (χ3v) is 4.29. The Morgan fingerprint density at radius 3 is 2.78 bits per heavy atom. The van der Waals surface area contributed by atoms with Crippen LogP contribution in [0.1, 0.15) is 39.5 Å². The highest BCUT2D eigenvalue weighted by Gasteiger charge is 2.27. The second-order valence-electron chi connectivity index (χ2n) is 6.13. The summed E-state index contributed by atoms with van der Waals surface area (Å²) in [7, 11) is 2.06. The van der Waals surface area contributed by atoms with Crippen molar-refractivity contribution in [2.75, 3.05) is 26.7 Å². The third-order valence-electron chi connectivity index (χ3n) is 4.29. The second kappa shape index (κ2) is 5.91. The largest absolute Gasteiger partial charge is 0.370 e. The van der Waals surface area contributed by atoms with Crippen LogP contribution in [0.5, 0.6) is 0 Å². The smallest absolute Gasteiger partial charge is 0.191 e. The van der Waals surface area contributed by atoms with Gasteiger partial charge in [0.2, 0.25) is 0 Å². The lowest BCUT2D eigenvalue weighted by Gasteiger charge is -2.35. The van der Waals surface area contributed by atoms with Crippen molar-refractivity contribution in [3.05, 3.63) is 0 Å². The predicted molar refractivity (Wildman–Crippen MR) is 76.7 cm³/mol. The molecule has 1 saturated heterocycles. The lowest BCUT2D eigenvalue weighted by atomic mass is 9.99. The topological polar surface area (TPSA) is 44.9 Å². The molecule has 2 atom stereocenters.